The largest absolute Gasteiger partial charge is 0.324 e. The zero-order valence-corrected chi connectivity index (χ0v) is 11.8. The first-order valence-corrected chi connectivity index (χ1v) is 6.54. The van der Waals surface area contributed by atoms with Crippen molar-refractivity contribution < 1.29 is 4.39 Å². The Morgan fingerprint density at radius 1 is 1.29 bits per heavy atom. The van der Waals surface area contributed by atoms with Crippen molar-refractivity contribution in [2.45, 2.75) is 0 Å². The van der Waals surface area contributed by atoms with Gasteiger partial charge in [0.2, 0.25) is 5.95 Å². The first-order chi connectivity index (χ1) is 10.1. The number of rotatable bonds is 3. The van der Waals surface area contributed by atoms with Gasteiger partial charge in [0.15, 0.2) is 5.82 Å². The minimum Gasteiger partial charge on any atom is -0.324 e. The highest BCUT2D eigenvalue weighted by Crippen LogP contribution is 2.22. The van der Waals surface area contributed by atoms with Crippen LogP contribution in [0.5, 0.6) is 0 Å². The maximum atomic E-state index is 13.9. The summed E-state index contributed by atoms with van der Waals surface area (Å²) in [5, 5.41) is 7.59. The number of hydrogen-bond acceptors (Lipinski definition) is 4. The third-order valence-corrected chi connectivity index (χ3v) is 3.04. The van der Waals surface area contributed by atoms with E-state index in [1.165, 1.54) is 0 Å². The second-order valence-corrected chi connectivity index (χ2v) is 4.86. The molecule has 2 aromatic heterocycles. The fraction of sp³-hybridized carbons (Fsp3) is 0.0714. The average Bonchev–Trinajstić information content (AvgIpc) is 2.87. The van der Waals surface area contributed by atoms with Crippen LogP contribution in [0.4, 0.5) is 16.0 Å². The van der Waals surface area contributed by atoms with Crippen molar-refractivity contribution in [3.05, 3.63) is 53.7 Å². The van der Waals surface area contributed by atoms with Gasteiger partial charge in [-0.2, -0.15) is 5.10 Å². The summed E-state index contributed by atoms with van der Waals surface area (Å²) in [4.78, 5) is 8.12. The Balaban J connectivity index is 1.94. The lowest BCUT2D eigenvalue weighted by Gasteiger charge is -2.06. The van der Waals surface area contributed by atoms with Crippen molar-refractivity contribution in [2.75, 3.05) is 5.32 Å². The van der Waals surface area contributed by atoms with Gasteiger partial charge in [0.25, 0.3) is 0 Å². The quantitative estimate of drug-likeness (QED) is 0.805. The zero-order chi connectivity index (χ0) is 14.8. The molecule has 0 spiro atoms. The Kier molecular flexibility index (Phi) is 3.53. The number of anilines is 2. The molecule has 5 nitrogen and oxygen atoms in total. The molecule has 0 atom stereocenters. The number of nitrogens with zero attached hydrogens (tertiary/aromatic N) is 4. The summed E-state index contributed by atoms with van der Waals surface area (Å²) in [7, 11) is 1.76. The Bertz CT molecular complexity index is 787. The molecule has 0 aliphatic heterocycles. The molecular weight excluding hydrogens is 293 g/mol. The highest BCUT2D eigenvalue weighted by atomic mass is 35.5. The van der Waals surface area contributed by atoms with Crippen LogP contribution in [-0.2, 0) is 7.05 Å². The smallest absolute Gasteiger partial charge is 0.227 e. The van der Waals surface area contributed by atoms with Gasteiger partial charge < -0.3 is 5.32 Å². The van der Waals surface area contributed by atoms with Crippen LogP contribution < -0.4 is 5.32 Å². The van der Waals surface area contributed by atoms with Crippen molar-refractivity contribution >= 4 is 23.2 Å². The van der Waals surface area contributed by atoms with E-state index in [2.05, 4.69) is 20.4 Å². The Morgan fingerprint density at radius 2 is 2.14 bits per heavy atom. The van der Waals surface area contributed by atoms with Crippen LogP contribution in [0.15, 0.2) is 42.9 Å². The lowest BCUT2D eigenvalue weighted by Crippen LogP contribution is -2.00. The fourth-order valence-corrected chi connectivity index (χ4v) is 2.06. The van der Waals surface area contributed by atoms with E-state index in [9.17, 15) is 4.39 Å². The predicted molar refractivity (Wildman–Crippen MR) is 78.9 cm³/mol. The van der Waals surface area contributed by atoms with Crippen LogP contribution in [0, 0.1) is 5.82 Å². The molecule has 1 aromatic carbocycles. The van der Waals surface area contributed by atoms with Gasteiger partial charge in [0, 0.05) is 29.5 Å². The van der Waals surface area contributed by atoms with E-state index in [1.54, 1.807) is 42.3 Å². The standard InChI is InChI=1S/C14H11ClFN5/c1-21-8-9(6-18-21)13-12(16)7-17-14(20-13)19-11-4-2-3-10(15)5-11/h2-8H,1H3,(H,17,19,20). The molecule has 106 valence electrons. The van der Waals surface area contributed by atoms with E-state index in [-0.39, 0.29) is 11.6 Å². The van der Waals surface area contributed by atoms with E-state index >= 15 is 0 Å². The first kappa shape index (κ1) is 13.5. The summed E-state index contributed by atoms with van der Waals surface area (Å²) in [6.07, 6.45) is 4.37. The van der Waals surface area contributed by atoms with Gasteiger partial charge >= 0.3 is 0 Å². The maximum Gasteiger partial charge on any atom is 0.227 e. The van der Waals surface area contributed by atoms with Crippen LogP contribution in [0.1, 0.15) is 0 Å². The molecule has 3 rings (SSSR count). The number of aryl methyl sites for hydroxylation is 1. The fourth-order valence-electron chi connectivity index (χ4n) is 1.87. The van der Waals surface area contributed by atoms with E-state index in [4.69, 9.17) is 11.6 Å². The lowest BCUT2D eigenvalue weighted by molar-refractivity contribution is 0.619. The molecule has 0 saturated heterocycles. The third kappa shape index (κ3) is 3.00. The molecule has 1 N–H and O–H groups in total. The zero-order valence-electron chi connectivity index (χ0n) is 11.1. The molecule has 0 fully saturated rings. The van der Waals surface area contributed by atoms with Crippen LogP contribution in [0.25, 0.3) is 11.3 Å². The van der Waals surface area contributed by atoms with Gasteiger partial charge in [-0.15, -0.1) is 0 Å². The highest BCUT2D eigenvalue weighted by molar-refractivity contribution is 6.30. The van der Waals surface area contributed by atoms with Gasteiger partial charge in [0.1, 0.15) is 5.69 Å². The second-order valence-electron chi connectivity index (χ2n) is 4.43. The first-order valence-electron chi connectivity index (χ1n) is 6.16. The van der Waals surface area contributed by atoms with Crippen LogP contribution in [0.2, 0.25) is 5.02 Å². The number of hydrogen-bond donors (Lipinski definition) is 1. The van der Waals surface area contributed by atoms with Gasteiger partial charge in [-0.1, -0.05) is 17.7 Å². The summed E-state index contributed by atoms with van der Waals surface area (Å²) in [6, 6.07) is 7.12. The minimum atomic E-state index is -0.500. The summed E-state index contributed by atoms with van der Waals surface area (Å²) < 4.78 is 15.4. The highest BCUT2D eigenvalue weighted by Gasteiger charge is 2.11. The van der Waals surface area contributed by atoms with Crippen molar-refractivity contribution in [3.8, 4) is 11.3 Å². The van der Waals surface area contributed by atoms with Gasteiger partial charge in [0.05, 0.1) is 12.4 Å². The third-order valence-electron chi connectivity index (χ3n) is 2.80. The van der Waals surface area contributed by atoms with E-state index in [0.717, 1.165) is 11.9 Å². The van der Waals surface area contributed by atoms with Crippen LogP contribution >= 0.6 is 11.6 Å². The van der Waals surface area contributed by atoms with E-state index in [1.807, 2.05) is 6.07 Å². The van der Waals surface area contributed by atoms with Crippen LogP contribution in [0.3, 0.4) is 0 Å². The molecule has 0 amide bonds. The topological polar surface area (TPSA) is 55.6 Å². The number of halogens is 2. The predicted octanol–water partition coefficient (Wildman–Crippen LogP) is 3.41. The molecule has 0 aliphatic carbocycles. The van der Waals surface area contributed by atoms with Crippen molar-refractivity contribution in [1.82, 2.24) is 19.7 Å². The van der Waals surface area contributed by atoms with Gasteiger partial charge in [-0.05, 0) is 18.2 Å². The molecule has 2 heterocycles. The van der Waals surface area contributed by atoms with Crippen molar-refractivity contribution in [1.29, 1.82) is 0 Å². The lowest BCUT2D eigenvalue weighted by atomic mass is 10.2. The number of nitrogens with one attached hydrogen (secondary N) is 1. The van der Waals surface area contributed by atoms with Crippen LogP contribution in [-0.4, -0.2) is 19.7 Å². The SMILES string of the molecule is Cn1cc(-c2nc(Nc3cccc(Cl)c3)ncc2F)cn1. The Morgan fingerprint density at radius 3 is 2.86 bits per heavy atom. The van der Waals surface area contributed by atoms with Crippen molar-refractivity contribution in [2.24, 2.45) is 7.05 Å². The summed E-state index contributed by atoms with van der Waals surface area (Å²) in [6.45, 7) is 0. The molecule has 0 saturated carbocycles. The molecule has 0 bridgehead atoms. The molecule has 0 aliphatic rings. The average molecular weight is 304 g/mol. The van der Waals surface area contributed by atoms with Gasteiger partial charge in [-0.25, -0.2) is 14.4 Å². The maximum absolute atomic E-state index is 13.9. The molecule has 3 aromatic rings. The second kappa shape index (κ2) is 5.49. The molecule has 0 radical (unpaired) electrons. The Labute approximate surface area is 125 Å². The molecule has 7 heteroatoms. The molecule has 21 heavy (non-hydrogen) atoms. The molecular formula is C14H11ClFN5. The van der Waals surface area contributed by atoms with Crippen molar-refractivity contribution in [3.63, 3.8) is 0 Å². The number of benzene rings is 1. The normalized spacial score (nSPS) is 10.6. The molecule has 0 unspecified atom stereocenters. The minimum absolute atomic E-state index is 0.197. The summed E-state index contributed by atoms with van der Waals surface area (Å²) in [5.41, 5.74) is 1.51. The monoisotopic (exact) mass is 303 g/mol. The van der Waals surface area contributed by atoms with E-state index in [0.29, 0.717) is 10.6 Å². The Hall–Kier alpha value is -2.47. The van der Waals surface area contributed by atoms with E-state index < -0.39 is 5.82 Å². The van der Waals surface area contributed by atoms with Gasteiger partial charge in [-0.3, -0.25) is 4.68 Å². The summed E-state index contributed by atoms with van der Waals surface area (Å²) >= 11 is 5.91. The summed E-state index contributed by atoms with van der Waals surface area (Å²) in [5.74, 6) is -0.211. The number of aromatic nitrogens is 4.